The maximum absolute atomic E-state index is 10.7. The number of aryl methyl sites for hydroxylation is 1. The number of carbonyl (C=O) groups is 1. The molecule has 100 valence electrons. The number of nitro groups is 1. The van der Waals surface area contributed by atoms with Crippen molar-refractivity contribution in [2.24, 2.45) is 7.05 Å². The number of aromatic carboxylic acids is 1. The Bertz CT molecular complexity index is 630. The minimum atomic E-state index is -1.17. The normalized spacial score (nSPS) is 10.4. The molecule has 2 aromatic rings. The van der Waals surface area contributed by atoms with Gasteiger partial charge in [-0.3, -0.25) is 4.57 Å². The minimum absolute atomic E-state index is 0.119. The highest BCUT2D eigenvalue weighted by molar-refractivity contribution is 5.84. The summed E-state index contributed by atoms with van der Waals surface area (Å²) in [7, 11) is 1.60. The van der Waals surface area contributed by atoms with E-state index in [4.69, 9.17) is 9.52 Å². The number of hydrogen-bond acceptors (Lipinski definition) is 6. The summed E-state index contributed by atoms with van der Waals surface area (Å²) in [6.45, 7) is 0.119. The van der Waals surface area contributed by atoms with E-state index in [-0.39, 0.29) is 23.9 Å². The number of aromatic nitrogens is 2. The van der Waals surface area contributed by atoms with Gasteiger partial charge < -0.3 is 25.0 Å². The Kier molecular flexibility index (Phi) is 3.19. The molecule has 2 heterocycles. The van der Waals surface area contributed by atoms with E-state index in [1.54, 1.807) is 7.05 Å². The lowest BCUT2D eigenvalue weighted by Gasteiger charge is -2.03. The average molecular weight is 266 g/mol. The van der Waals surface area contributed by atoms with Gasteiger partial charge >= 0.3 is 11.8 Å². The molecule has 0 bridgehead atoms. The predicted octanol–water partition coefficient (Wildman–Crippen LogP) is 1.23. The first-order valence-electron chi connectivity index (χ1n) is 5.20. The minimum Gasteiger partial charge on any atom is -0.475 e. The highest BCUT2D eigenvalue weighted by Crippen LogP contribution is 2.22. The zero-order valence-corrected chi connectivity index (χ0v) is 9.86. The van der Waals surface area contributed by atoms with Crippen molar-refractivity contribution in [1.82, 2.24) is 9.55 Å². The summed E-state index contributed by atoms with van der Waals surface area (Å²) in [4.78, 5) is 24.4. The van der Waals surface area contributed by atoms with Crippen LogP contribution in [0.25, 0.3) is 0 Å². The summed E-state index contributed by atoms with van der Waals surface area (Å²) in [6.07, 6.45) is 1.31. The van der Waals surface area contributed by atoms with Crippen LogP contribution in [0.3, 0.4) is 0 Å². The van der Waals surface area contributed by atoms with E-state index >= 15 is 0 Å². The lowest BCUT2D eigenvalue weighted by Crippen LogP contribution is -2.05. The molecule has 0 aromatic carbocycles. The molecule has 9 heteroatoms. The summed E-state index contributed by atoms with van der Waals surface area (Å²) >= 11 is 0. The van der Waals surface area contributed by atoms with Crippen LogP contribution in [0.1, 0.15) is 16.3 Å². The number of hydrogen-bond donors (Lipinski definition) is 2. The Balaban J connectivity index is 2.12. The molecule has 0 saturated heterocycles. The summed E-state index contributed by atoms with van der Waals surface area (Å²) in [6, 6.07) is 2.80. The molecule has 2 N–H and O–H groups in total. The second-order valence-electron chi connectivity index (χ2n) is 3.71. The molecule has 2 aromatic heterocycles. The van der Waals surface area contributed by atoms with Crippen LogP contribution in [0.4, 0.5) is 11.6 Å². The third kappa shape index (κ3) is 2.54. The van der Waals surface area contributed by atoms with Crippen LogP contribution in [-0.2, 0) is 13.6 Å². The van der Waals surface area contributed by atoms with Crippen molar-refractivity contribution in [3.8, 4) is 0 Å². The van der Waals surface area contributed by atoms with Crippen LogP contribution in [0.2, 0.25) is 0 Å². The van der Waals surface area contributed by atoms with Gasteiger partial charge in [0.05, 0.1) is 6.54 Å². The van der Waals surface area contributed by atoms with Crippen molar-refractivity contribution < 1.29 is 19.2 Å². The van der Waals surface area contributed by atoms with Gasteiger partial charge in [-0.1, -0.05) is 0 Å². The number of furan rings is 1. The van der Waals surface area contributed by atoms with Crippen LogP contribution in [0, 0.1) is 10.1 Å². The quantitative estimate of drug-likeness (QED) is 0.616. The van der Waals surface area contributed by atoms with Gasteiger partial charge in [0.25, 0.3) is 0 Å². The molecule has 2 rings (SSSR count). The molecule has 0 aliphatic rings. The summed E-state index contributed by atoms with van der Waals surface area (Å²) in [5.74, 6) is -1.08. The van der Waals surface area contributed by atoms with E-state index in [2.05, 4.69) is 10.3 Å². The number of carboxylic acids is 1. The Morgan fingerprint density at radius 1 is 1.63 bits per heavy atom. The molecular formula is C10H10N4O5. The number of imidazole rings is 1. The fraction of sp³-hybridized carbons (Fsp3) is 0.200. The Morgan fingerprint density at radius 3 is 2.95 bits per heavy atom. The van der Waals surface area contributed by atoms with E-state index in [0.717, 1.165) is 0 Å². The van der Waals surface area contributed by atoms with Crippen LogP contribution in [0.15, 0.2) is 22.9 Å². The van der Waals surface area contributed by atoms with Gasteiger partial charge in [0, 0.05) is 7.05 Å². The van der Waals surface area contributed by atoms with Gasteiger partial charge in [0.2, 0.25) is 17.9 Å². The molecule has 0 radical (unpaired) electrons. The summed E-state index contributed by atoms with van der Waals surface area (Å²) in [5, 5.41) is 22.2. The van der Waals surface area contributed by atoms with Crippen molar-refractivity contribution in [2.75, 3.05) is 5.32 Å². The van der Waals surface area contributed by atoms with E-state index in [0.29, 0.717) is 5.76 Å². The Hall–Kier alpha value is -2.84. The fourth-order valence-electron chi connectivity index (χ4n) is 1.51. The van der Waals surface area contributed by atoms with Crippen LogP contribution in [-0.4, -0.2) is 25.6 Å². The monoisotopic (exact) mass is 266 g/mol. The van der Waals surface area contributed by atoms with E-state index in [1.807, 2.05) is 0 Å². The summed E-state index contributed by atoms with van der Waals surface area (Å²) < 4.78 is 6.48. The van der Waals surface area contributed by atoms with Gasteiger partial charge in [0.1, 0.15) is 5.76 Å². The molecule has 0 unspecified atom stereocenters. The molecule has 0 fully saturated rings. The van der Waals surface area contributed by atoms with Gasteiger partial charge in [0.15, 0.2) is 0 Å². The summed E-state index contributed by atoms with van der Waals surface area (Å²) in [5.41, 5.74) is 0. The second kappa shape index (κ2) is 4.80. The van der Waals surface area contributed by atoms with Crippen LogP contribution >= 0.6 is 0 Å². The van der Waals surface area contributed by atoms with Gasteiger partial charge in [-0.05, 0) is 22.0 Å². The first kappa shape index (κ1) is 12.6. The van der Waals surface area contributed by atoms with Crippen molar-refractivity contribution in [3.05, 3.63) is 40.1 Å². The third-order valence-electron chi connectivity index (χ3n) is 2.39. The second-order valence-corrected chi connectivity index (χ2v) is 3.71. The van der Waals surface area contributed by atoms with Crippen LogP contribution < -0.4 is 5.32 Å². The number of carboxylic acid groups (broad SMARTS) is 1. The highest BCUT2D eigenvalue weighted by atomic mass is 16.6. The van der Waals surface area contributed by atoms with Crippen molar-refractivity contribution in [3.63, 3.8) is 0 Å². The molecule has 0 aliphatic carbocycles. The van der Waals surface area contributed by atoms with E-state index in [1.165, 1.54) is 23.0 Å². The lowest BCUT2D eigenvalue weighted by atomic mass is 10.4. The zero-order valence-electron chi connectivity index (χ0n) is 9.86. The highest BCUT2D eigenvalue weighted by Gasteiger charge is 2.20. The standard InChI is InChI=1S/C10H10N4O5/c1-13-5-12-9(14(17)18)8(13)11-4-6-2-3-7(19-6)10(15)16/h2-3,5,11H,4H2,1H3,(H,15,16). The van der Waals surface area contributed by atoms with Crippen LogP contribution in [0.5, 0.6) is 0 Å². The van der Waals surface area contributed by atoms with Gasteiger partial charge in [-0.15, -0.1) is 0 Å². The molecule has 19 heavy (non-hydrogen) atoms. The maximum Gasteiger partial charge on any atom is 0.406 e. The molecule has 0 spiro atoms. The molecular weight excluding hydrogens is 256 g/mol. The molecule has 9 nitrogen and oxygen atoms in total. The first-order valence-corrected chi connectivity index (χ1v) is 5.20. The van der Waals surface area contributed by atoms with E-state index < -0.39 is 10.9 Å². The third-order valence-corrected chi connectivity index (χ3v) is 2.39. The molecule has 0 saturated carbocycles. The zero-order chi connectivity index (χ0) is 14.0. The van der Waals surface area contributed by atoms with Gasteiger partial charge in [-0.25, -0.2) is 4.79 Å². The largest absolute Gasteiger partial charge is 0.475 e. The fourth-order valence-corrected chi connectivity index (χ4v) is 1.51. The number of anilines is 1. The SMILES string of the molecule is Cn1cnc([N+](=O)[O-])c1NCc1ccc(C(=O)O)o1. The molecule has 0 aliphatic heterocycles. The Morgan fingerprint density at radius 2 is 2.37 bits per heavy atom. The molecule has 0 amide bonds. The van der Waals surface area contributed by atoms with Crippen molar-refractivity contribution >= 4 is 17.6 Å². The van der Waals surface area contributed by atoms with Gasteiger partial charge in [-0.2, -0.15) is 0 Å². The predicted molar refractivity (Wildman–Crippen MR) is 62.9 cm³/mol. The van der Waals surface area contributed by atoms with Crippen molar-refractivity contribution in [1.29, 1.82) is 0 Å². The number of nitrogens with one attached hydrogen (secondary N) is 1. The smallest absolute Gasteiger partial charge is 0.406 e. The topological polar surface area (TPSA) is 123 Å². The Labute approximate surface area is 106 Å². The first-order chi connectivity index (χ1) is 8.99. The van der Waals surface area contributed by atoms with E-state index in [9.17, 15) is 14.9 Å². The lowest BCUT2D eigenvalue weighted by molar-refractivity contribution is -0.388. The number of nitrogens with zero attached hydrogens (tertiary/aromatic N) is 3. The number of rotatable bonds is 5. The maximum atomic E-state index is 10.7. The molecule has 0 atom stereocenters. The van der Waals surface area contributed by atoms with Crippen molar-refractivity contribution in [2.45, 2.75) is 6.54 Å². The average Bonchev–Trinajstić information content (AvgIpc) is 2.93.